The number of rotatable bonds is 12. The van der Waals surface area contributed by atoms with E-state index in [-0.39, 0.29) is 34.8 Å². The van der Waals surface area contributed by atoms with E-state index in [2.05, 4.69) is 30.9 Å². The van der Waals surface area contributed by atoms with Crippen LogP contribution >= 0.6 is 11.6 Å². The molecule has 5 rings (SSSR count). The van der Waals surface area contributed by atoms with Gasteiger partial charge in [0, 0.05) is 29.4 Å². The summed E-state index contributed by atoms with van der Waals surface area (Å²) in [5, 5.41) is 24.8. The molecule has 4 N–H and O–H groups in total. The van der Waals surface area contributed by atoms with E-state index in [1.54, 1.807) is 30.3 Å². The summed E-state index contributed by atoms with van der Waals surface area (Å²) < 4.78 is 59.4. The predicted molar refractivity (Wildman–Crippen MR) is 177 cm³/mol. The van der Waals surface area contributed by atoms with Gasteiger partial charge in [-0.15, -0.1) is 0 Å². The fourth-order valence-electron chi connectivity index (χ4n) is 5.09. The fraction of sp³-hybridized carbons (Fsp3) is 0.394. The molecule has 2 heterocycles. The largest absolute Gasteiger partial charge is 0.447 e. The second-order valence-electron chi connectivity index (χ2n) is 13.1. The van der Waals surface area contributed by atoms with Crippen molar-refractivity contribution in [3.63, 3.8) is 0 Å². The Labute approximate surface area is 290 Å². The number of H-pyrrole nitrogens is 1. The van der Waals surface area contributed by atoms with Crippen molar-refractivity contribution in [2.45, 2.75) is 64.6 Å². The van der Waals surface area contributed by atoms with E-state index in [0.717, 1.165) is 4.90 Å². The number of alkyl carbamates (subject to hydrolysis) is 1. The first kappa shape index (κ1) is 36.3. The van der Waals surface area contributed by atoms with Crippen molar-refractivity contribution in [3.05, 3.63) is 77.3 Å². The smallest absolute Gasteiger partial charge is 0.407 e. The molecule has 0 saturated heterocycles. The van der Waals surface area contributed by atoms with Crippen LogP contribution in [0, 0.1) is 10.8 Å². The van der Waals surface area contributed by atoms with Gasteiger partial charge in [0.15, 0.2) is 11.8 Å². The summed E-state index contributed by atoms with van der Waals surface area (Å²) in [4.78, 5) is 32.5. The van der Waals surface area contributed by atoms with Crippen molar-refractivity contribution in [3.8, 4) is 22.5 Å². The highest BCUT2D eigenvalue weighted by atomic mass is 35.5. The molecular formula is C33H36ClF4N9O3. The number of amides is 2. The highest BCUT2D eigenvalue weighted by Crippen LogP contribution is 2.41. The number of alkyl halides is 4. The van der Waals surface area contributed by atoms with Gasteiger partial charge in [-0.05, 0) is 60.1 Å². The number of hydrogen-bond donors (Lipinski definition) is 4. The van der Waals surface area contributed by atoms with Crippen molar-refractivity contribution >= 4 is 29.6 Å². The quantitative estimate of drug-likeness (QED) is 0.0696. The van der Waals surface area contributed by atoms with Crippen LogP contribution in [0.4, 0.5) is 22.4 Å². The Morgan fingerprint density at radius 3 is 2.42 bits per heavy atom. The first-order chi connectivity index (χ1) is 23.7. The Kier molecular flexibility index (Phi) is 10.8. The molecule has 2 aromatic carbocycles. The summed E-state index contributed by atoms with van der Waals surface area (Å²) in [5.74, 6) is -0.689. The van der Waals surface area contributed by atoms with E-state index in [1.807, 2.05) is 20.8 Å². The molecule has 2 aromatic heterocycles. The van der Waals surface area contributed by atoms with Crippen molar-refractivity contribution in [2.24, 2.45) is 5.41 Å². The summed E-state index contributed by atoms with van der Waals surface area (Å²) in [5.41, 5.74) is 0.0184. The van der Waals surface area contributed by atoms with Gasteiger partial charge in [-0.3, -0.25) is 20.2 Å². The highest BCUT2D eigenvalue weighted by Gasteiger charge is 2.53. The van der Waals surface area contributed by atoms with Gasteiger partial charge in [-0.1, -0.05) is 50.6 Å². The number of nitrogens with zero attached hydrogens (tertiary/aromatic N) is 5. The number of aromatic amines is 1. The van der Waals surface area contributed by atoms with E-state index in [0.29, 0.717) is 45.7 Å². The number of guanidine groups is 1. The molecule has 0 bridgehead atoms. The minimum Gasteiger partial charge on any atom is -0.447 e. The number of nitrogens with one attached hydrogen (secondary N) is 4. The van der Waals surface area contributed by atoms with Gasteiger partial charge in [0.1, 0.15) is 18.5 Å². The van der Waals surface area contributed by atoms with Gasteiger partial charge in [0.05, 0.1) is 17.3 Å². The number of ether oxygens (including phenoxy) is 1. The topological polar surface area (TPSA) is 154 Å². The predicted octanol–water partition coefficient (Wildman–Crippen LogP) is 7.05. The molecule has 50 heavy (non-hydrogen) atoms. The lowest BCUT2D eigenvalue weighted by Gasteiger charge is -2.33. The number of benzene rings is 2. The average Bonchev–Trinajstić information content (AvgIpc) is 3.42. The van der Waals surface area contributed by atoms with Crippen LogP contribution in [0.5, 0.6) is 0 Å². The SMILES string of the molecule is CC(C)(C)CCNC(=N)N(C(=O)c1ccc(-c2cnn(C(F)F)c2)cc1)[C@H](COC(=O)NC1(C(F)F)CC1)c1ccc(Cl)c(-c2ncn[nH]2)c1. The highest BCUT2D eigenvalue weighted by molar-refractivity contribution is 6.33. The molecule has 0 spiro atoms. The molecule has 4 aromatic rings. The molecule has 0 radical (unpaired) electrons. The van der Waals surface area contributed by atoms with Gasteiger partial charge in [0.2, 0.25) is 0 Å². The lowest BCUT2D eigenvalue weighted by atomic mass is 9.92. The number of halogens is 5. The average molecular weight is 718 g/mol. The van der Waals surface area contributed by atoms with Crippen LogP contribution in [0.1, 0.15) is 68.5 Å². The summed E-state index contributed by atoms with van der Waals surface area (Å²) in [6.45, 7) is 3.02. The standard InChI is InChI=1S/C33H36ClF4N9O3/c1-32(2,3)12-13-40-30(39)47(27(48)20-6-4-19(5-7-20)22-15-43-46(16-22)29(37)38)25(17-50-31(49)44-33(10-11-33)28(35)36)21-8-9-24(34)23(14-21)26-41-18-42-45-26/h4-9,14-16,18,25,28-29H,10-13,17H2,1-3H3,(H2,39,40)(H,44,49)(H,41,42,45)/t25-/m1/s1. The van der Waals surface area contributed by atoms with E-state index < -0.39 is 43.2 Å². The van der Waals surface area contributed by atoms with Gasteiger partial charge in [-0.2, -0.15) is 19.0 Å². The summed E-state index contributed by atoms with van der Waals surface area (Å²) in [7, 11) is 0. The summed E-state index contributed by atoms with van der Waals surface area (Å²) >= 11 is 6.49. The van der Waals surface area contributed by atoms with Crippen molar-refractivity contribution in [1.29, 1.82) is 5.41 Å². The van der Waals surface area contributed by atoms with Crippen LogP contribution < -0.4 is 10.6 Å². The van der Waals surface area contributed by atoms with Crippen molar-refractivity contribution < 1.29 is 31.9 Å². The maximum atomic E-state index is 14.4. The maximum Gasteiger partial charge on any atom is 0.407 e. The van der Waals surface area contributed by atoms with E-state index in [4.69, 9.17) is 21.7 Å². The minimum atomic E-state index is -2.82. The molecule has 1 atom stereocenters. The van der Waals surface area contributed by atoms with Crippen LogP contribution in [0.3, 0.4) is 0 Å². The third-order valence-corrected chi connectivity index (χ3v) is 8.51. The monoisotopic (exact) mass is 717 g/mol. The Hall–Kier alpha value is -4.99. The zero-order chi connectivity index (χ0) is 36.2. The lowest BCUT2D eigenvalue weighted by molar-refractivity contribution is 0.0566. The molecule has 17 heteroatoms. The molecule has 1 aliphatic carbocycles. The zero-order valence-corrected chi connectivity index (χ0v) is 28.1. The van der Waals surface area contributed by atoms with Gasteiger partial charge in [-0.25, -0.2) is 23.2 Å². The molecule has 12 nitrogen and oxygen atoms in total. The molecule has 0 unspecified atom stereocenters. The third-order valence-electron chi connectivity index (χ3n) is 8.18. The zero-order valence-electron chi connectivity index (χ0n) is 27.4. The Bertz CT molecular complexity index is 1810. The molecule has 266 valence electrons. The molecule has 1 aliphatic rings. The van der Waals surface area contributed by atoms with Gasteiger partial charge in [0.25, 0.3) is 12.3 Å². The second kappa shape index (κ2) is 14.9. The van der Waals surface area contributed by atoms with Crippen LogP contribution in [0.15, 0.2) is 61.2 Å². The Balaban J connectivity index is 1.51. The van der Waals surface area contributed by atoms with Crippen molar-refractivity contribution in [2.75, 3.05) is 13.2 Å². The third kappa shape index (κ3) is 8.59. The summed E-state index contributed by atoms with van der Waals surface area (Å²) in [6.07, 6.45) is 0.645. The molecular weight excluding hydrogens is 682 g/mol. The first-order valence-electron chi connectivity index (χ1n) is 15.6. The summed E-state index contributed by atoms with van der Waals surface area (Å²) in [6, 6.07) is 9.61. The van der Waals surface area contributed by atoms with Crippen LogP contribution in [-0.4, -0.2) is 72.9 Å². The van der Waals surface area contributed by atoms with Gasteiger partial charge < -0.3 is 15.4 Å². The van der Waals surface area contributed by atoms with Crippen LogP contribution in [0.2, 0.25) is 5.02 Å². The van der Waals surface area contributed by atoms with E-state index in [9.17, 15) is 27.2 Å². The Morgan fingerprint density at radius 2 is 1.84 bits per heavy atom. The molecule has 1 saturated carbocycles. The Morgan fingerprint density at radius 1 is 1.12 bits per heavy atom. The molecule has 1 fully saturated rings. The van der Waals surface area contributed by atoms with Crippen molar-refractivity contribution in [1.82, 2.24) is 40.5 Å². The number of carbonyl (C=O) groups is 2. The fourth-order valence-corrected chi connectivity index (χ4v) is 5.30. The maximum absolute atomic E-state index is 14.4. The van der Waals surface area contributed by atoms with Crippen LogP contribution in [-0.2, 0) is 4.74 Å². The number of aromatic nitrogens is 5. The minimum absolute atomic E-state index is 0.0901. The number of hydrogen-bond acceptors (Lipinski definition) is 7. The number of carbonyl (C=O) groups excluding carboxylic acids is 2. The molecule has 2 amide bonds. The first-order valence-corrected chi connectivity index (χ1v) is 16.0. The van der Waals surface area contributed by atoms with Gasteiger partial charge >= 0.3 is 12.6 Å². The van der Waals surface area contributed by atoms with E-state index in [1.165, 1.54) is 30.9 Å². The second-order valence-corrected chi connectivity index (χ2v) is 13.5. The van der Waals surface area contributed by atoms with E-state index >= 15 is 0 Å². The van der Waals surface area contributed by atoms with Crippen LogP contribution in [0.25, 0.3) is 22.5 Å². The normalized spacial score (nSPS) is 14.4. The lowest BCUT2D eigenvalue weighted by Crippen LogP contribution is -2.49. The molecule has 0 aliphatic heterocycles.